The Morgan fingerprint density at radius 3 is 3.00 bits per heavy atom. The minimum atomic E-state index is -0.725. The number of pyridine rings is 1. The number of rotatable bonds is 5. The van der Waals surface area contributed by atoms with Crippen LogP contribution >= 0.6 is 0 Å². The quantitative estimate of drug-likeness (QED) is 0.741. The number of nitrogens with two attached hydrogens (primary N) is 1. The van der Waals surface area contributed by atoms with Crippen LogP contribution in [0.2, 0.25) is 0 Å². The zero-order chi connectivity index (χ0) is 11.3. The minimum absolute atomic E-state index is 0.690. The molecule has 1 rings (SSSR count). The fraction of sp³-hybridized carbons (Fsp3) is 0.500. The van der Waals surface area contributed by atoms with Crippen LogP contribution in [0, 0.1) is 6.92 Å². The van der Waals surface area contributed by atoms with Crippen LogP contribution in [0.3, 0.4) is 0 Å². The smallest absolute Gasteiger partial charge is 0.149 e. The number of hydrogen-bond donors (Lipinski definition) is 2. The third-order valence-electron chi connectivity index (χ3n) is 2.11. The van der Waals surface area contributed by atoms with Gasteiger partial charge in [0.1, 0.15) is 5.82 Å². The third-order valence-corrected chi connectivity index (χ3v) is 2.97. The van der Waals surface area contributed by atoms with Crippen LogP contribution in [-0.2, 0) is 10.8 Å². The lowest BCUT2D eigenvalue weighted by molar-refractivity contribution is 0.685. The molecule has 15 heavy (non-hydrogen) atoms. The molecule has 0 aliphatic carbocycles. The Bertz CT molecular complexity index is 355. The topological polar surface area (TPSA) is 68.0 Å². The fourth-order valence-electron chi connectivity index (χ4n) is 1.19. The molecule has 0 fully saturated rings. The molecule has 1 unspecified atom stereocenters. The molecule has 5 heteroatoms. The molecule has 0 bridgehead atoms. The summed E-state index contributed by atoms with van der Waals surface area (Å²) in [4.78, 5) is 4.14. The van der Waals surface area contributed by atoms with Crippen molar-refractivity contribution in [1.82, 2.24) is 4.98 Å². The number of aryl methyl sites for hydroxylation is 1. The summed E-state index contributed by atoms with van der Waals surface area (Å²) in [6.45, 7) is 2.70. The highest BCUT2D eigenvalue weighted by atomic mass is 32.2. The first-order valence-corrected chi connectivity index (χ1v) is 6.59. The Kier molecular flexibility index (Phi) is 4.55. The Balaban J connectivity index is 2.44. The molecule has 1 aromatic heterocycles. The molecular formula is C10H17N3OS. The molecule has 1 heterocycles. The fourth-order valence-corrected chi connectivity index (χ4v) is 1.74. The first-order chi connectivity index (χ1) is 7.11. The van der Waals surface area contributed by atoms with Gasteiger partial charge in [0, 0.05) is 35.5 Å². The standard InChI is InChI=1S/C10H17N3OS/c1-8-4-6-13-10(9(8)11)12-5-3-7-15(2)14/h4,6H,3,5,7,11H2,1-2H3,(H,12,13). The molecule has 0 spiro atoms. The van der Waals surface area contributed by atoms with Gasteiger partial charge in [-0.3, -0.25) is 4.21 Å². The van der Waals surface area contributed by atoms with Crippen molar-refractivity contribution in [1.29, 1.82) is 0 Å². The molecule has 4 nitrogen and oxygen atoms in total. The average molecular weight is 227 g/mol. The van der Waals surface area contributed by atoms with Gasteiger partial charge in [0.15, 0.2) is 0 Å². The van der Waals surface area contributed by atoms with Crippen molar-refractivity contribution in [3.8, 4) is 0 Å². The first-order valence-electron chi connectivity index (χ1n) is 4.86. The van der Waals surface area contributed by atoms with Crippen molar-refractivity contribution in [2.45, 2.75) is 13.3 Å². The summed E-state index contributed by atoms with van der Waals surface area (Å²) in [6, 6.07) is 1.88. The number of nitrogens with one attached hydrogen (secondary N) is 1. The lowest BCUT2D eigenvalue weighted by Crippen LogP contribution is -2.09. The zero-order valence-corrected chi connectivity index (χ0v) is 9.93. The van der Waals surface area contributed by atoms with Crippen LogP contribution in [-0.4, -0.2) is 27.7 Å². The van der Waals surface area contributed by atoms with Gasteiger partial charge in [0.2, 0.25) is 0 Å². The van der Waals surface area contributed by atoms with Gasteiger partial charge in [-0.1, -0.05) is 0 Å². The predicted octanol–water partition coefficient (Wildman–Crippen LogP) is 1.15. The van der Waals surface area contributed by atoms with Crippen LogP contribution in [0.25, 0.3) is 0 Å². The maximum atomic E-state index is 10.8. The highest BCUT2D eigenvalue weighted by Gasteiger charge is 2.01. The number of nitrogens with zero attached hydrogens (tertiary/aromatic N) is 1. The van der Waals surface area contributed by atoms with E-state index in [1.54, 1.807) is 12.5 Å². The molecule has 1 aromatic rings. The second kappa shape index (κ2) is 5.70. The lowest BCUT2D eigenvalue weighted by Gasteiger charge is -2.09. The van der Waals surface area contributed by atoms with E-state index in [9.17, 15) is 4.21 Å². The second-order valence-electron chi connectivity index (χ2n) is 3.45. The summed E-state index contributed by atoms with van der Waals surface area (Å²) in [7, 11) is -0.725. The Morgan fingerprint density at radius 2 is 2.33 bits per heavy atom. The minimum Gasteiger partial charge on any atom is -0.396 e. The summed E-state index contributed by atoms with van der Waals surface area (Å²) in [5.74, 6) is 1.43. The van der Waals surface area contributed by atoms with Gasteiger partial charge < -0.3 is 11.1 Å². The largest absolute Gasteiger partial charge is 0.396 e. The summed E-state index contributed by atoms with van der Waals surface area (Å²) < 4.78 is 10.8. The van der Waals surface area contributed by atoms with Gasteiger partial charge in [-0.2, -0.15) is 0 Å². The number of aromatic nitrogens is 1. The van der Waals surface area contributed by atoms with E-state index < -0.39 is 10.8 Å². The zero-order valence-electron chi connectivity index (χ0n) is 9.12. The molecule has 0 aliphatic heterocycles. The van der Waals surface area contributed by atoms with Gasteiger partial charge in [-0.25, -0.2) is 4.98 Å². The molecule has 84 valence electrons. The molecule has 3 N–H and O–H groups in total. The van der Waals surface area contributed by atoms with Gasteiger partial charge in [-0.15, -0.1) is 0 Å². The van der Waals surface area contributed by atoms with E-state index in [0.717, 1.165) is 24.3 Å². The highest BCUT2D eigenvalue weighted by Crippen LogP contribution is 2.18. The van der Waals surface area contributed by atoms with Crippen molar-refractivity contribution in [3.63, 3.8) is 0 Å². The normalized spacial score (nSPS) is 12.4. The molecule has 1 atom stereocenters. The second-order valence-corrected chi connectivity index (χ2v) is 5.00. The van der Waals surface area contributed by atoms with Crippen LogP contribution in [0.5, 0.6) is 0 Å². The van der Waals surface area contributed by atoms with E-state index in [0.29, 0.717) is 11.4 Å². The Morgan fingerprint density at radius 1 is 1.60 bits per heavy atom. The monoisotopic (exact) mass is 227 g/mol. The lowest BCUT2D eigenvalue weighted by atomic mass is 10.2. The summed E-state index contributed by atoms with van der Waals surface area (Å²) >= 11 is 0. The predicted molar refractivity (Wildman–Crippen MR) is 65.4 cm³/mol. The maximum Gasteiger partial charge on any atom is 0.149 e. The number of anilines is 2. The molecule has 0 radical (unpaired) electrons. The van der Waals surface area contributed by atoms with Crippen LogP contribution in [0.1, 0.15) is 12.0 Å². The molecule has 0 saturated heterocycles. The third kappa shape index (κ3) is 3.87. The van der Waals surface area contributed by atoms with E-state index in [1.807, 2.05) is 13.0 Å². The first kappa shape index (κ1) is 12.0. The van der Waals surface area contributed by atoms with E-state index in [1.165, 1.54) is 0 Å². The van der Waals surface area contributed by atoms with Crippen molar-refractivity contribution >= 4 is 22.3 Å². The molecule has 0 saturated carbocycles. The van der Waals surface area contributed by atoms with Crippen LogP contribution < -0.4 is 11.1 Å². The van der Waals surface area contributed by atoms with Crippen molar-refractivity contribution in [2.24, 2.45) is 0 Å². The van der Waals surface area contributed by atoms with E-state index >= 15 is 0 Å². The van der Waals surface area contributed by atoms with Crippen LogP contribution in [0.4, 0.5) is 11.5 Å². The van der Waals surface area contributed by atoms with Crippen LogP contribution in [0.15, 0.2) is 12.3 Å². The summed E-state index contributed by atoms with van der Waals surface area (Å²) in [5, 5.41) is 3.14. The Hall–Kier alpha value is -1.10. The summed E-state index contributed by atoms with van der Waals surface area (Å²) in [5.41, 5.74) is 7.55. The van der Waals surface area contributed by atoms with Crippen molar-refractivity contribution in [3.05, 3.63) is 17.8 Å². The van der Waals surface area contributed by atoms with Gasteiger partial charge in [0.05, 0.1) is 5.69 Å². The molecule has 0 amide bonds. The SMILES string of the molecule is Cc1ccnc(NCCCS(C)=O)c1N. The molecule has 0 aliphatic rings. The number of nitrogen functional groups attached to an aromatic ring is 1. The highest BCUT2D eigenvalue weighted by molar-refractivity contribution is 7.84. The number of hydrogen-bond acceptors (Lipinski definition) is 4. The van der Waals surface area contributed by atoms with Crippen molar-refractivity contribution < 1.29 is 4.21 Å². The maximum absolute atomic E-state index is 10.8. The van der Waals surface area contributed by atoms with E-state index in [-0.39, 0.29) is 0 Å². The Labute approximate surface area is 92.7 Å². The molecular weight excluding hydrogens is 210 g/mol. The van der Waals surface area contributed by atoms with Crippen molar-refractivity contribution in [2.75, 3.05) is 29.6 Å². The van der Waals surface area contributed by atoms with Gasteiger partial charge in [0.25, 0.3) is 0 Å². The van der Waals surface area contributed by atoms with Gasteiger partial charge >= 0.3 is 0 Å². The van der Waals surface area contributed by atoms with E-state index in [2.05, 4.69) is 10.3 Å². The van der Waals surface area contributed by atoms with E-state index in [4.69, 9.17) is 5.73 Å². The van der Waals surface area contributed by atoms with Gasteiger partial charge in [-0.05, 0) is 25.0 Å². The average Bonchev–Trinajstić information content (AvgIpc) is 2.18. The summed E-state index contributed by atoms with van der Waals surface area (Å²) in [6.07, 6.45) is 4.30. The molecule has 0 aromatic carbocycles.